The van der Waals surface area contributed by atoms with Crippen molar-refractivity contribution in [3.05, 3.63) is 0 Å². The Balaban J connectivity index is 2.49. The van der Waals surface area contributed by atoms with Gasteiger partial charge in [-0.05, 0) is 39.5 Å². The van der Waals surface area contributed by atoms with Gasteiger partial charge in [-0.3, -0.25) is 0 Å². The molecule has 0 spiro atoms. The van der Waals surface area contributed by atoms with E-state index in [9.17, 15) is 9.90 Å². The van der Waals surface area contributed by atoms with E-state index in [1.807, 2.05) is 20.8 Å². The number of aliphatic hydroxyl groups is 1. The highest BCUT2D eigenvalue weighted by molar-refractivity contribution is 5.67. The van der Waals surface area contributed by atoms with Crippen molar-refractivity contribution in [2.24, 2.45) is 11.3 Å². The summed E-state index contributed by atoms with van der Waals surface area (Å²) in [7, 11) is 0. The fourth-order valence-corrected chi connectivity index (χ4v) is 2.50. The van der Waals surface area contributed by atoms with E-state index in [0.717, 1.165) is 25.2 Å². The summed E-state index contributed by atoms with van der Waals surface area (Å²) in [5.74, 6) is 0.735. The van der Waals surface area contributed by atoms with Gasteiger partial charge in [-0.2, -0.15) is 0 Å². The molecule has 1 saturated carbocycles. The second kappa shape index (κ2) is 6.60. The van der Waals surface area contributed by atoms with E-state index in [0.29, 0.717) is 6.54 Å². The molecule has 1 aliphatic rings. The standard InChI is InChI=1S/C15H29NO3/c1-5-8-15(11-17,9-12-6-7-12)10-16-13(18)19-14(2,3)4/h12,17H,5-11H2,1-4H3,(H,16,18). The Hall–Kier alpha value is -0.770. The van der Waals surface area contributed by atoms with Crippen molar-refractivity contribution in [3.63, 3.8) is 0 Å². The van der Waals surface area contributed by atoms with E-state index in [2.05, 4.69) is 12.2 Å². The molecule has 1 aliphatic carbocycles. The number of aliphatic hydroxyl groups excluding tert-OH is 1. The van der Waals surface area contributed by atoms with Crippen molar-refractivity contribution in [2.45, 2.75) is 65.4 Å². The lowest BCUT2D eigenvalue weighted by Crippen LogP contribution is -2.42. The average Bonchev–Trinajstić information content (AvgIpc) is 3.08. The predicted molar refractivity (Wildman–Crippen MR) is 76.0 cm³/mol. The molecule has 1 unspecified atom stereocenters. The van der Waals surface area contributed by atoms with E-state index >= 15 is 0 Å². The molecule has 4 heteroatoms. The molecule has 19 heavy (non-hydrogen) atoms. The first-order valence-electron chi connectivity index (χ1n) is 7.38. The van der Waals surface area contributed by atoms with E-state index < -0.39 is 11.7 Å². The van der Waals surface area contributed by atoms with Crippen LogP contribution in [0.25, 0.3) is 0 Å². The zero-order chi connectivity index (χ0) is 14.5. The Morgan fingerprint density at radius 1 is 1.37 bits per heavy atom. The maximum atomic E-state index is 11.7. The van der Waals surface area contributed by atoms with Crippen LogP contribution >= 0.6 is 0 Å². The van der Waals surface area contributed by atoms with Gasteiger partial charge in [0.2, 0.25) is 0 Å². The number of amides is 1. The first kappa shape index (κ1) is 16.3. The summed E-state index contributed by atoms with van der Waals surface area (Å²) in [6.07, 6.45) is 5.10. The van der Waals surface area contributed by atoms with Crippen molar-refractivity contribution < 1.29 is 14.6 Å². The fourth-order valence-electron chi connectivity index (χ4n) is 2.50. The number of hydrogen-bond acceptors (Lipinski definition) is 3. The smallest absolute Gasteiger partial charge is 0.407 e. The van der Waals surface area contributed by atoms with Crippen LogP contribution in [0.5, 0.6) is 0 Å². The van der Waals surface area contributed by atoms with Crippen molar-refractivity contribution in [1.82, 2.24) is 5.32 Å². The van der Waals surface area contributed by atoms with Crippen LogP contribution in [0.15, 0.2) is 0 Å². The number of alkyl carbamates (subject to hydrolysis) is 1. The molecule has 2 N–H and O–H groups in total. The summed E-state index contributed by atoms with van der Waals surface area (Å²) < 4.78 is 5.24. The topological polar surface area (TPSA) is 58.6 Å². The molecule has 0 aromatic rings. The first-order chi connectivity index (χ1) is 8.80. The van der Waals surface area contributed by atoms with Crippen molar-refractivity contribution >= 4 is 6.09 Å². The van der Waals surface area contributed by atoms with Gasteiger partial charge in [0.25, 0.3) is 0 Å². The van der Waals surface area contributed by atoms with Gasteiger partial charge in [0, 0.05) is 12.0 Å². The molecule has 0 bridgehead atoms. The molecule has 1 rings (SSSR count). The van der Waals surface area contributed by atoms with Crippen LogP contribution in [0.2, 0.25) is 0 Å². The van der Waals surface area contributed by atoms with Crippen molar-refractivity contribution in [1.29, 1.82) is 0 Å². The Bertz CT molecular complexity index is 294. The maximum Gasteiger partial charge on any atom is 0.407 e. The van der Waals surface area contributed by atoms with Gasteiger partial charge < -0.3 is 15.2 Å². The lowest BCUT2D eigenvalue weighted by atomic mass is 9.79. The molecule has 0 saturated heterocycles. The Kier molecular flexibility index (Phi) is 5.65. The summed E-state index contributed by atoms with van der Waals surface area (Å²) in [6, 6.07) is 0. The minimum Gasteiger partial charge on any atom is -0.444 e. The fraction of sp³-hybridized carbons (Fsp3) is 0.933. The summed E-state index contributed by atoms with van der Waals surface area (Å²) in [5, 5.41) is 12.6. The monoisotopic (exact) mass is 271 g/mol. The van der Waals surface area contributed by atoms with Crippen LogP contribution in [-0.2, 0) is 4.74 Å². The minimum atomic E-state index is -0.479. The number of carbonyl (C=O) groups excluding carboxylic acids is 1. The van der Waals surface area contributed by atoms with Crippen molar-refractivity contribution in [2.75, 3.05) is 13.2 Å². The van der Waals surface area contributed by atoms with Crippen LogP contribution in [0.1, 0.15) is 59.8 Å². The maximum absolute atomic E-state index is 11.7. The number of nitrogens with one attached hydrogen (secondary N) is 1. The molecule has 1 atom stereocenters. The molecule has 4 nitrogen and oxygen atoms in total. The third-order valence-electron chi connectivity index (χ3n) is 3.54. The molecule has 1 amide bonds. The van der Waals surface area contributed by atoms with Gasteiger partial charge >= 0.3 is 6.09 Å². The predicted octanol–water partition coefficient (Wildman–Crippen LogP) is 3.09. The molecular weight excluding hydrogens is 242 g/mol. The molecule has 0 heterocycles. The van der Waals surface area contributed by atoms with Crippen LogP contribution in [0, 0.1) is 11.3 Å². The molecule has 0 aliphatic heterocycles. The highest BCUT2D eigenvalue weighted by atomic mass is 16.6. The zero-order valence-corrected chi connectivity index (χ0v) is 12.8. The molecular formula is C15H29NO3. The zero-order valence-electron chi connectivity index (χ0n) is 12.8. The molecule has 1 fully saturated rings. The highest BCUT2D eigenvalue weighted by Gasteiger charge is 2.36. The Morgan fingerprint density at radius 3 is 2.42 bits per heavy atom. The highest BCUT2D eigenvalue weighted by Crippen LogP contribution is 2.42. The lowest BCUT2D eigenvalue weighted by Gasteiger charge is -2.32. The second-order valence-electron chi connectivity index (χ2n) is 6.91. The number of rotatable bonds is 7. The van der Waals surface area contributed by atoms with Gasteiger partial charge in [0.1, 0.15) is 5.60 Å². The Labute approximate surface area is 116 Å². The third kappa shape index (κ3) is 6.28. The van der Waals surface area contributed by atoms with Crippen LogP contribution in [-0.4, -0.2) is 30.0 Å². The van der Waals surface area contributed by atoms with E-state index in [-0.39, 0.29) is 12.0 Å². The summed E-state index contributed by atoms with van der Waals surface area (Å²) in [6.45, 7) is 8.30. The molecule has 0 aromatic carbocycles. The average molecular weight is 271 g/mol. The molecule has 0 aromatic heterocycles. The van der Waals surface area contributed by atoms with Gasteiger partial charge in [-0.25, -0.2) is 4.79 Å². The first-order valence-corrected chi connectivity index (χ1v) is 7.38. The van der Waals surface area contributed by atoms with Gasteiger partial charge in [0.15, 0.2) is 0 Å². The van der Waals surface area contributed by atoms with Gasteiger partial charge in [-0.1, -0.05) is 26.2 Å². The Morgan fingerprint density at radius 2 is 2.00 bits per heavy atom. The van der Waals surface area contributed by atoms with Crippen molar-refractivity contribution in [3.8, 4) is 0 Å². The number of hydrogen-bond donors (Lipinski definition) is 2. The second-order valence-corrected chi connectivity index (χ2v) is 6.91. The summed E-state index contributed by atoms with van der Waals surface area (Å²) in [4.78, 5) is 11.7. The van der Waals surface area contributed by atoms with Crippen LogP contribution in [0.3, 0.4) is 0 Å². The SMILES string of the molecule is CCCC(CO)(CNC(=O)OC(C)(C)C)CC1CC1. The lowest BCUT2D eigenvalue weighted by molar-refractivity contribution is 0.0436. The normalized spacial score (nSPS) is 18.8. The van der Waals surface area contributed by atoms with Crippen LogP contribution < -0.4 is 5.32 Å². The quantitative estimate of drug-likeness (QED) is 0.748. The summed E-state index contributed by atoms with van der Waals surface area (Å²) >= 11 is 0. The number of carbonyl (C=O) groups is 1. The summed E-state index contributed by atoms with van der Waals surface area (Å²) in [5.41, 5.74) is -0.653. The molecule has 0 radical (unpaired) electrons. The number of ether oxygens (including phenoxy) is 1. The van der Waals surface area contributed by atoms with Gasteiger partial charge in [0.05, 0.1) is 6.61 Å². The van der Waals surface area contributed by atoms with E-state index in [1.165, 1.54) is 12.8 Å². The van der Waals surface area contributed by atoms with E-state index in [1.54, 1.807) is 0 Å². The van der Waals surface area contributed by atoms with E-state index in [4.69, 9.17) is 4.74 Å². The minimum absolute atomic E-state index is 0.132. The van der Waals surface area contributed by atoms with Crippen LogP contribution in [0.4, 0.5) is 4.79 Å². The third-order valence-corrected chi connectivity index (χ3v) is 3.54. The molecule has 112 valence electrons. The largest absolute Gasteiger partial charge is 0.444 e. The van der Waals surface area contributed by atoms with Gasteiger partial charge in [-0.15, -0.1) is 0 Å².